The molecule has 7 nitrogen and oxygen atoms in total. The number of esters is 1. The average Bonchev–Trinajstić information content (AvgIpc) is 2.64. The van der Waals surface area contributed by atoms with E-state index in [2.05, 4.69) is 22.8 Å². The molecule has 0 saturated heterocycles. The Kier molecular flexibility index (Phi) is 8.05. The van der Waals surface area contributed by atoms with Gasteiger partial charge in [-0.2, -0.15) is 0 Å². The van der Waals surface area contributed by atoms with Gasteiger partial charge in [-0.05, 0) is 70.1 Å². The second kappa shape index (κ2) is 10.3. The summed E-state index contributed by atoms with van der Waals surface area (Å²) < 4.78 is 10.0. The van der Waals surface area contributed by atoms with Gasteiger partial charge in [-0.25, -0.2) is 4.79 Å². The van der Waals surface area contributed by atoms with Crippen molar-refractivity contribution < 1.29 is 23.9 Å². The maximum Gasteiger partial charge on any atom is 0.407 e. The number of ether oxygens (including phenoxy) is 2. The largest absolute Gasteiger partial charge is 0.456 e. The first-order valence-electron chi connectivity index (χ1n) is 10.2. The number of carbonyl (C=O) groups is 3. The van der Waals surface area contributed by atoms with Crippen molar-refractivity contribution in [1.82, 2.24) is 10.6 Å². The Morgan fingerprint density at radius 2 is 1.79 bits per heavy atom. The van der Waals surface area contributed by atoms with Gasteiger partial charge in [0.2, 0.25) is 0 Å². The van der Waals surface area contributed by atoms with Crippen LogP contribution in [-0.2, 0) is 31.9 Å². The lowest BCUT2D eigenvalue weighted by Crippen LogP contribution is -2.34. The minimum absolute atomic E-state index is 0.0348. The van der Waals surface area contributed by atoms with E-state index in [0.29, 0.717) is 0 Å². The molecule has 0 saturated carbocycles. The van der Waals surface area contributed by atoms with Crippen molar-refractivity contribution in [1.29, 1.82) is 0 Å². The fraction of sp³-hybridized carbons (Fsp3) is 0.591. The number of fused-ring (bicyclic) bond motifs is 1. The molecule has 29 heavy (non-hydrogen) atoms. The molecule has 0 aromatic heterocycles. The summed E-state index contributed by atoms with van der Waals surface area (Å²) in [6, 6.07) is 6.18. The second-order valence-electron chi connectivity index (χ2n) is 8.36. The SMILES string of the molecule is C[C@@H](NC(=O)COC(=O)CCNC(=O)OC(C)(C)C)c1ccc2c(c1)CCCC2. The number of carbonyl (C=O) groups excluding carboxylic acids is 3. The van der Waals surface area contributed by atoms with Gasteiger partial charge in [0, 0.05) is 6.54 Å². The molecule has 1 aromatic rings. The molecule has 1 aromatic carbocycles. The molecular weight excluding hydrogens is 372 g/mol. The third-order valence-corrected chi connectivity index (χ3v) is 4.61. The van der Waals surface area contributed by atoms with Crippen molar-refractivity contribution in [2.45, 2.75) is 71.4 Å². The van der Waals surface area contributed by atoms with Crippen LogP contribution in [0.5, 0.6) is 0 Å². The van der Waals surface area contributed by atoms with E-state index in [1.807, 2.05) is 13.0 Å². The van der Waals surface area contributed by atoms with Gasteiger partial charge in [0.25, 0.3) is 5.91 Å². The third-order valence-electron chi connectivity index (χ3n) is 4.61. The van der Waals surface area contributed by atoms with E-state index in [1.165, 1.54) is 24.0 Å². The molecular formula is C22H32N2O5. The summed E-state index contributed by atoms with van der Waals surface area (Å²) in [5, 5.41) is 5.33. The molecule has 1 atom stereocenters. The molecule has 0 radical (unpaired) electrons. The number of nitrogens with one attached hydrogen (secondary N) is 2. The molecule has 1 aliphatic carbocycles. The normalized spacial score (nSPS) is 14.3. The van der Waals surface area contributed by atoms with E-state index in [1.54, 1.807) is 20.8 Å². The first-order chi connectivity index (χ1) is 13.6. The highest BCUT2D eigenvalue weighted by atomic mass is 16.6. The van der Waals surface area contributed by atoms with Crippen LogP contribution in [0.1, 0.15) is 69.7 Å². The number of amides is 2. The van der Waals surface area contributed by atoms with Gasteiger partial charge in [0.05, 0.1) is 12.5 Å². The minimum Gasteiger partial charge on any atom is -0.456 e. The van der Waals surface area contributed by atoms with Crippen molar-refractivity contribution in [2.75, 3.05) is 13.2 Å². The van der Waals surface area contributed by atoms with Crippen LogP contribution in [0.15, 0.2) is 18.2 Å². The highest BCUT2D eigenvalue weighted by Crippen LogP contribution is 2.24. The van der Waals surface area contributed by atoms with E-state index in [0.717, 1.165) is 18.4 Å². The maximum atomic E-state index is 12.1. The lowest BCUT2D eigenvalue weighted by Gasteiger charge is -2.20. The van der Waals surface area contributed by atoms with Crippen LogP contribution < -0.4 is 10.6 Å². The fourth-order valence-corrected chi connectivity index (χ4v) is 3.19. The molecule has 0 unspecified atom stereocenters. The summed E-state index contributed by atoms with van der Waals surface area (Å²) in [6.45, 7) is 6.91. The van der Waals surface area contributed by atoms with Gasteiger partial charge >= 0.3 is 12.1 Å². The van der Waals surface area contributed by atoms with Crippen molar-refractivity contribution in [3.05, 3.63) is 34.9 Å². The zero-order valence-electron chi connectivity index (χ0n) is 17.8. The zero-order valence-corrected chi connectivity index (χ0v) is 17.8. The van der Waals surface area contributed by atoms with Gasteiger partial charge in [0.1, 0.15) is 5.60 Å². The van der Waals surface area contributed by atoms with Crippen molar-refractivity contribution in [3.63, 3.8) is 0 Å². The summed E-state index contributed by atoms with van der Waals surface area (Å²) in [5.74, 6) is -0.915. The van der Waals surface area contributed by atoms with Gasteiger partial charge in [-0.1, -0.05) is 18.2 Å². The molecule has 0 heterocycles. The van der Waals surface area contributed by atoms with Crippen LogP contribution in [0.25, 0.3) is 0 Å². The van der Waals surface area contributed by atoms with Gasteiger partial charge < -0.3 is 20.1 Å². The third kappa shape index (κ3) is 8.13. The minimum atomic E-state index is -0.600. The Labute approximate surface area is 172 Å². The average molecular weight is 405 g/mol. The first kappa shape index (κ1) is 22.7. The van der Waals surface area contributed by atoms with E-state index < -0.39 is 17.7 Å². The molecule has 160 valence electrons. The van der Waals surface area contributed by atoms with Crippen molar-refractivity contribution in [3.8, 4) is 0 Å². The van der Waals surface area contributed by atoms with Crippen LogP contribution in [0.3, 0.4) is 0 Å². The number of benzene rings is 1. The fourth-order valence-electron chi connectivity index (χ4n) is 3.19. The molecule has 0 aliphatic heterocycles. The predicted octanol–water partition coefficient (Wildman–Crippen LogP) is 3.20. The standard InChI is InChI=1S/C22H32N2O5/c1-15(17-10-9-16-7-5-6-8-18(16)13-17)24-19(25)14-28-20(26)11-12-23-21(27)29-22(2,3)4/h9-10,13,15H,5-8,11-12,14H2,1-4H3,(H,23,27)(H,24,25)/t15-/m1/s1. The predicted molar refractivity (Wildman–Crippen MR) is 109 cm³/mol. The van der Waals surface area contributed by atoms with Crippen LogP contribution >= 0.6 is 0 Å². The van der Waals surface area contributed by atoms with Crippen LogP contribution in [0.2, 0.25) is 0 Å². The molecule has 2 amide bonds. The summed E-state index contributed by atoms with van der Waals surface area (Å²) >= 11 is 0. The Morgan fingerprint density at radius 1 is 1.10 bits per heavy atom. The molecule has 2 N–H and O–H groups in total. The van der Waals surface area contributed by atoms with Crippen LogP contribution in [0, 0.1) is 0 Å². The van der Waals surface area contributed by atoms with E-state index >= 15 is 0 Å². The first-order valence-corrected chi connectivity index (χ1v) is 10.2. The number of alkyl carbamates (subject to hydrolysis) is 1. The topological polar surface area (TPSA) is 93.7 Å². The highest BCUT2D eigenvalue weighted by Gasteiger charge is 2.17. The molecule has 1 aliphatic rings. The number of aryl methyl sites for hydroxylation is 2. The summed E-state index contributed by atoms with van der Waals surface area (Å²) in [5.41, 5.74) is 3.20. The van der Waals surface area contributed by atoms with Crippen LogP contribution in [-0.4, -0.2) is 36.7 Å². The number of hydrogen-bond donors (Lipinski definition) is 2. The lowest BCUT2D eigenvalue weighted by atomic mass is 9.89. The lowest BCUT2D eigenvalue weighted by molar-refractivity contribution is -0.148. The van der Waals surface area contributed by atoms with Gasteiger partial charge in [0.15, 0.2) is 6.61 Å². The van der Waals surface area contributed by atoms with Gasteiger partial charge in [-0.15, -0.1) is 0 Å². The Balaban J connectivity index is 1.68. The summed E-state index contributed by atoms with van der Waals surface area (Å²) in [6.07, 6.45) is 4.01. The number of rotatable bonds is 7. The van der Waals surface area contributed by atoms with E-state index in [-0.39, 0.29) is 31.5 Å². The molecule has 0 bridgehead atoms. The zero-order chi connectivity index (χ0) is 21.4. The molecule has 7 heteroatoms. The van der Waals surface area contributed by atoms with Crippen LogP contribution in [0.4, 0.5) is 4.79 Å². The number of hydrogen-bond acceptors (Lipinski definition) is 5. The van der Waals surface area contributed by atoms with E-state index in [4.69, 9.17) is 9.47 Å². The highest BCUT2D eigenvalue weighted by molar-refractivity contribution is 5.81. The second-order valence-corrected chi connectivity index (χ2v) is 8.36. The molecule has 0 fully saturated rings. The Hall–Kier alpha value is -2.57. The van der Waals surface area contributed by atoms with Crippen molar-refractivity contribution >= 4 is 18.0 Å². The molecule has 2 rings (SSSR count). The van der Waals surface area contributed by atoms with E-state index in [9.17, 15) is 14.4 Å². The molecule has 0 spiro atoms. The monoisotopic (exact) mass is 404 g/mol. The Morgan fingerprint density at radius 3 is 2.48 bits per heavy atom. The van der Waals surface area contributed by atoms with Gasteiger partial charge in [-0.3, -0.25) is 9.59 Å². The summed E-state index contributed by atoms with van der Waals surface area (Å²) in [4.78, 5) is 35.3. The van der Waals surface area contributed by atoms with Crippen molar-refractivity contribution in [2.24, 2.45) is 0 Å². The quantitative estimate of drug-likeness (QED) is 0.681. The maximum absolute atomic E-state index is 12.1. The summed E-state index contributed by atoms with van der Waals surface area (Å²) in [7, 11) is 0. The Bertz CT molecular complexity index is 739. The smallest absolute Gasteiger partial charge is 0.407 e.